The van der Waals surface area contributed by atoms with E-state index in [-0.39, 0.29) is 17.9 Å². The molecule has 1 aliphatic carbocycles. The summed E-state index contributed by atoms with van der Waals surface area (Å²) in [5.74, 6) is -1.38. The smallest absolute Gasteiger partial charge is 0.307 e. The van der Waals surface area contributed by atoms with Crippen LogP contribution in [0.15, 0.2) is 0 Å². The summed E-state index contributed by atoms with van der Waals surface area (Å²) in [5.41, 5.74) is 0. The fourth-order valence-corrected chi connectivity index (χ4v) is 3.78. The predicted molar refractivity (Wildman–Crippen MR) is 80.9 cm³/mol. The van der Waals surface area contributed by atoms with Crippen LogP contribution in [0.5, 0.6) is 0 Å². The number of piperidine rings is 1. The normalized spacial score (nSPS) is 31.2. The third-order valence-corrected chi connectivity index (χ3v) is 4.93. The first-order valence-corrected chi connectivity index (χ1v) is 8.26. The summed E-state index contributed by atoms with van der Waals surface area (Å²) >= 11 is 0. The molecule has 2 aliphatic rings. The maximum Gasteiger partial charge on any atom is 0.307 e. The number of carbonyl (C=O) groups excluding carboxylic acids is 1. The number of likely N-dealkylation sites (tertiary alicyclic amines) is 1. The number of carboxylic acids is 1. The Kier molecular flexibility index (Phi) is 5.62. The summed E-state index contributed by atoms with van der Waals surface area (Å²) in [4.78, 5) is 26.1. The Labute approximate surface area is 127 Å². The van der Waals surface area contributed by atoms with Crippen LogP contribution in [0.1, 0.15) is 46.0 Å². The molecule has 0 aromatic heterocycles. The number of nitrogens with one attached hydrogen (secondary N) is 1. The van der Waals surface area contributed by atoms with Gasteiger partial charge in [0.05, 0.1) is 11.8 Å². The summed E-state index contributed by atoms with van der Waals surface area (Å²) in [6.45, 7) is 7.40. The number of carboxylic acid groups (broad SMARTS) is 1. The van der Waals surface area contributed by atoms with Crippen LogP contribution < -0.4 is 5.32 Å². The second kappa shape index (κ2) is 7.25. The van der Waals surface area contributed by atoms with E-state index in [1.807, 2.05) is 6.92 Å². The molecule has 1 saturated carbocycles. The van der Waals surface area contributed by atoms with Gasteiger partial charge in [-0.15, -0.1) is 0 Å². The third-order valence-electron chi connectivity index (χ3n) is 4.93. The van der Waals surface area contributed by atoms with Gasteiger partial charge in [0, 0.05) is 19.1 Å². The van der Waals surface area contributed by atoms with Gasteiger partial charge in [-0.3, -0.25) is 9.59 Å². The quantitative estimate of drug-likeness (QED) is 0.810. The number of hydrogen-bond donors (Lipinski definition) is 2. The minimum atomic E-state index is -0.822. The highest BCUT2D eigenvalue weighted by Crippen LogP contribution is 2.36. The molecule has 2 N–H and O–H groups in total. The molecule has 2 rings (SSSR count). The molecule has 0 aromatic rings. The molecule has 3 atom stereocenters. The van der Waals surface area contributed by atoms with Crippen molar-refractivity contribution in [1.29, 1.82) is 0 Å². The lowest BCUT2D eigenvalue weighted by Crippen LogP contribution is -2.47. The van der Waals surface area contributed by atoms with Gasteiger partial charge in [-0.2, -0.15) is 0 Å². The van der Waals surface area contributed by atoms with Gasteiger partial charge in [0.2, 0.25) is 5.91 Å². The van der Waals surface area contributed by atoms with Crippen molar-refractivity contribution in [2.24, 2.45) is 17.8 Å². The number of aliphatic carboxylic acids is 1. The van der Waals surface area contributed by atoms with E-state index in [2.05, 4.69) is 17.1 Å². The average molecular weight is 296 g/mol. The van der Waals surface area contributed by atoms with Crippen molar-refractivity contribution in [3.63, 3.8) is 0 Å². The second-order valence-electron chi connectivity index (χ2n) is 6.75. The van der Waals surface area contributed by atoms with E-state index in [9.17, 15) is 14.7 Å². The molecule has 1 heterocycles. The first-order valence-electron chi connectivity index (χ1n) is 8.26. The van der Waals surface area contributed by atoms with E-state index in [1.54, 1.807) is 0 Å². The molecule has 5 heteroatoms. The summed E-state index contributed by atoms with van der Waals surface area (Å²) in [6.07, 6.45) is 4.45. The molecule has 0 radical (unpaired) electrons. The van der Waals surface area contributed by atoms with Gasteiger partial charge in [0.25, 0.3) is 0 Å². The molecule has 1 amide bonds. The molecule has 0 spiro atoms. The Morgan fingerprint density at radius 1 is 1.19 bits per heavy atom. The minimum Gasteiger partial charge on any atom is -0.481 e. The van der Waals surface area contributed by atoms with Gasteiger partial charge in [0.15, 0.2) is 0 Å². The van der Waals surface area contributed by atoms with Crippen molar-refractivity contribution in [3.05, 3.63) is 0 Å². The van der Waals surface area contributed by atoms with E-state index >= 15 is 0 Å². The summed E-state index contributed by atoms with van der Waals surface area (Å²) < 4.78 is 0. The van der Waals surface area contributed by atoms with Crippen molar-refractivity contribution in [2.75, 3.05) is 19.6 Å². The zero-order valence-corrected chi connectivity index (χ0v) is 13.2. The highest BCUT2D eigenvalue weighted by molar-refractivity contribution is 5.85. The Balaban J connectivity index is 1.83. The average Bonchev–Trinajstić information content (AvgIpc) is 2.84. The summed E-state index contributed by atoms with van der Waals surface area (Å²) in [7, 11) is 0. The summed E-state index contributed by atoms with van der Waals surface area (Å²) in [6, 6.07) is 0.218. The van der Waals surface area contributed by atoms with Crippen molar-refractivity contribution in [1.82, 2.24) is 10.2 Å². The lowest BCUT2D eigenvalue weighted by atomic mass is 9.94. The Morgan fingerprint density at radius 2 is 1.81 bits per heavy atom. The Hall–Kier alpha value is -1.10. The fraction of sp³-hybridized carbons (Fsp3) is 0.875. The number of carbonyl (C=O) groups is 2. The highest BCUT2D eigenvalue weighted by atomic mass is 16.4. The number of hydrogen-bond acceptors (Lipinski definition) is 3. The van der Waals surface area contributed by atoms with Crippen molar-refractivity contribution in [2.45, 2.75) is 52.0 Å². The fourth-order valence-electron chi connectivity index (χ4n) is 3.78. The van der Waals surface area contributed by atoms with Gasteiger partial charge in [0.1, 0.15) is 0 Å². The lowest BCUT2D eigenvalue weighted by molar-refractivity contribution is -0.146. The van der Waals surface area contributed by atoms with Crippen molar-refractivity contribution >= 4 is 11.9 Å². The molecule has 120 valence electrons. The van der Waals surface area contributed by atoms with Crippen LogP contribution in [0, 0.1) is 17.8 Å². The van der Waals surface area contributed by atoms with E-state index in [0.717, 1.165) is 38.9 Å². The minimum absolute atomic E-state index is 0.0410. The number of amides is 1. The lowest BCUT2D eigenvalue weighted by Gasteiger charge is -2.32. The maximum absolute atomic E-state index is 12.4. The van der Waals surface area contributed by atoms with Gasteiger partial charge < -0.3 is 15.3 Å². The zero-order chi connectivity index (χ0) is 15.4. The molecular formula is C16H28N2O3. The van der Waals surface area contributed by atoms with Crippen LogP contribution in [0.25, 0.3) is 0 Å². The molecule has 0 aromatic carbocycles. The first kappa shape index (κ1) is 16.3. The number of rotatable bonds is 5. The van der Waals surface area contributed by atoms with Crippen LogP contribution >= 0.6 is 0 Å². The van der Waals surface area contributed by atoms with Crippen LogP contribution in [0.2, 0.25) is 0 Å². The van der Waals surface area contributed by atoms with Crippen LogP contribution in [-0.2, 0) is 9.59 Å². The Morgan fingerprint density at radius 3 is 2.38 bits per heavy atom. The topological polar surface area (TPSA) is 69.6 Å². The SMILES string of the molecule is CCCN1CCC(NC(=O)C2CC(C)CC2C(=O)O)CC1. The monoisotopic (exact) mass is 296 g/mol. The molecule has 1 saturated heterocycles. The van der Waals surface area contributed by atoms with Gasteiger partial charge >= 0.3 is 5.97 Å². The third kappa shape index (κ3) is 4.19. The van der Waals surface area contributed by atoms with E-state index in [0.29, 0.717) is 18.8 Å². The van der Waals surface area contributed by atoms with E-state index in [4.69, 9.17) is 0 Å². The van der Waals surface area contributed by atoms with Crippen LogP contribution in [0.4, 0.5) is 0 Å². The van der Waals surface area contributed by atoms with E-state index < -0.39 is 11.9 Å². The van der Waals surface area contributed by atoms with Crippen molar-refractivity contribution in [3.8, 4) is 0 Å². The zero-order valence-electron chi connectivity index (χ0n) is 13.2. The van der Waals surface area contributed by atoms with Crippen molar-refractivity contribution < 1.29 is 14.7 Å². The van der Waals surface area contributed by atoms with Gasteiger partial charge in [-0.05, 0) is 44.6 Å². The molecule has 21 heavy (non-hydrogen) atoms. The standard InChI is InChI=1S/C16H28N2O3/c1-3-6-18-7-4-12(5-8-18)17-15(19)13-9-11(2)10-14(13)16(20)21/h11-14H,3-10H2,1-2H3,(H,17,19)(H,20,21). The predicted octanol–water partition coefficient (Wildman–Crippen LogP) is 1.72. The molecule has 0 bridgehead atoms. The maximum atomic E-state index is 12.4. The largest absolute Gasteiger partial charge is 0.481 e. The summed E-state index contributed by atoms with van der Waals surface area (Å²) in [5, 5.41) is 12.4. The second-order valence-corrected chi connectivity index (χ2v) is 6.75. The molecule has 3 unspecified atom stereocenters. The van der Waals surface area contributed by atoms with Crippen LogP contribution in [-0.4, -0.2) is 47.6 Å². The first-order chi connectivity index (χ1) is 10.0. The Bertz CT molecular complexity index is 378. The highest BCUT2D eigenvalue weighted by Gasteiger charge is 2.41. The molecule has 5 nitrogen and oxygen atoms in total. The molecule has 1 aliphatic heterocycles. The van der Waals surface area contributed by atoms with E-state index in [1.165, 1.54) is 0 Å². The molecule has 2 fully saturated rings. The number of nitrogens with zero attached hydrogens (tertiary/aromatic N) is 1. The van der Waals surface area contributed by atoms with Crippen LogP contribution in [0.3, 0.4) is 0 Å². The molecular weight excluding hydrogens is 268 g/mol. The van der Waals surface area contributed by atoms with Gasteiger partial charge in [-0.1, -0.05) is 13.8 Å². The van der Waals surface area contributed by atoms with Gasteiger partial charge in [-0.25, -0.2) is 0 Å².